The molecule has 0 unspecified atom stereocenters. The van der Waals surface area contributed by atoms with E-state index < -0.39 is 10.0 Å². The van der Waals surface area contributed by atoms with Crippen LogP contribution in [0.5, 0.6) is 0 Å². The first-order valence-corrected chi connectivity index (χ1v) is 12.6. The Hall–Kier alpha value is -2.75. The first kappa shape index (κ1) is 22.4. The molecule has 2 heterocycles. The Balaban J connectivity index is 1.46. The minimum atomic E-state index is -3.49. The molecule has 0 radical (unpaired) electrons. The van der Waals surface area contributed by atoms with Crippen molar-refractivity contribution in [1.29, 1.82) is 0 Å². The Labute approximate surface area is 194 Å². The first-order chi connectivity index (χ1) is 15.5. The van der Waals surface area contributed by atoms with Crippen LogP contribution < -0.4 is 10.7 Å². The molecule has 1 aromatic heterocycles. The molecule has 7 nitrogen and oxygen atoms in total. The van der Waals surface area contributed by atoms with Gasteiger partial charge in [-0.1, -0.05) is 25.5 Å². The lowest BCUT2D eigenvalue weighted by atomic mass is 10.1. The molecule has 0 spiro atoms. The van der Waals surface area contributed by atoms with Gasteiger partial charge >= 0.3 is 0 Å². The fourth-order valence-corrected chi connectivity index (χ4v) is 5.50. The molecule has 32 heavy (non-hydrogen) atoms. The summed E-state index contributed by atoms with van der Waals surface area (Å²) in [5.74, 6) is 0. The minimum Gasteiger partial charge on any atom is -0.361 e. The monoisotopic (exact) mass is 469 g/mol. The molecule has 9 heteroatoms. The molecule has 0 saturated carbocycles. The Kier molecular flexibility index (Phi) is 6.88. The second-order valence-electron chi connectivity index (χ2n) is 7.79. The van der Waals surface area contributed by atoms with Crippen molar-refractivity contribution in [2.45, 2.75) is 37.5 Å². The van der Waals surface area contributed by atoms with Gasteiger partial charge in [0.1, 0.15) is 0 Å². The Morgan fingerprint density at radius 1 is 1.16 bits per heavy atom. The second-order valence-corrected chi connectivity index (χ2v) is 10.1. The van der Waals surface area contributed by atoms with Crippen molar-refractivity contribution in [3.8, 4) is 0 Å². The summed E-state index contributed by atoms with van der Waals surface area (Å²) < 4.78 is 27.6. The molecule has 1 fully saturated rings. The van der Waals surface area contributed by atoms with E-state index in [1.807, 2.05) is 12.1 Å². The van der Waals surface area contributed by atoms with Crippen LogP contribution in [0, 0.1) is 0 Å². The van der Waals surface area contributed by atoms with Crippen LogP contribution in [0.25, 0.3) is 10.9 Å². The Morgan fingerprint density at radius 2 is 1.91 bits per heavy atom. The summed E-state index contributed by atoms with van der Waals surface area (Å²) in [6.45, 7) is 3.27. The smallest absolute Gasteiger partial charge is 0.243 e. The largest absolute Gasteiger partial charge is 0.361 e. The van der Waals surface area contributed by atoms with Crippen LogP contribution in [0.3, 0.4) is 0 Å². The second kappa shape index (κ2) is 9.81. The number of aryl methyl sites for hydroxylation is 1. The highest BCUT2D eigenvalue weighted by molar-refractivity contribution is 7.89. The van der Waals surface area contributed by atoms with Crippen molar-refractivity contribution in [1.82, 2.24) is 14.7 Å². The van der Waals surface area contributed by atoms with E-state index in [0.717, 1.165) is 47.8 Å². The van der Waals surface area contributed by atoms with E-state index in [-0.39, 0.29) is 0 Å². The van der Waals surface area contributed by atoms with Gasteiger partial charge in [-0.15, -0.1) is 0 Å². The molecule has 3 aromatic rings. The predicted octanol–water partition coefficient (Wildman–Crippen LogP) is 4.23. The molecule has 1 aliphatic heterocycles. The molecule has 2 aromatic carbocycles. The number of benzene rings is 2. The van der Waals surface area contributed by atoms with Gasteiger partial charge in [0, 0.05) is 41.4 Å². The molecule has 0 amide bonds. The Bertz CT molecular complexity index is 1230. The molecule has 168 valence electrons. The van der Waals surface area contributed by atoms with Gasteiger partial charge in [0.05, 0.1) is 11.1 Å². The number of hydrazone groups is 1. The zero-order valence-electron chi connectivity index (χ0n) is 18.0. The van der Waals surface area contributed by atoms with Crippen LogP contribution >= 0.6 is 12.2 Å². The van der Waals surface area contributed by atoms with Gasteiger partial charge in [-0.2, -0.15) is 9.41 Å². The number of hydrogen-bond acceptors (Lipinski definition) is 4. The van der Waals surface area contributed by atoms with E-state index in [4.69, 9.17) is 12.2 Å². The summed E-state index contributed by atoms with van der Waals surface area (Å²) in [5.41, 5.74) is 6.57. The molecule has 4 rings (SSSR count). The summed E-state index contributed by atoms with van der Waals surface area (Å²) in [5, 5.41) is 8.47. The third kappa shape index (κ3) is 5.01. The highest BCUT2D eigenvalue weighted by atomic mass is 32.2. The van der Waals surface area contributed by atoms with Crippen LogP contribution in [0.2, 0.25) is 0 Å². The van der Waals surface area contributed by atoms with Crippen molar-refractivity contribution in [3.05, 3.63) is 59.8 Å². The van der Waals surface area contributed by atoms with E-state index in [0.29, 0.717) is 23.1 Å². The summed E-state index contributed by atoms with van der Waals surface area (Å²) in [6, 6.07) is 13.2. The highest BCUT2D eigenvalue weighted by Gasteiger charge is 2.26. The number of hydrogen-bond donors (Lipinski definition) is 3. The minimum absolute atomic E-state index is 0.307. The van der Waals surface area contributed by atoms with E-state index in [1.54, 1.807) is 34.9 Å². The van der Waals surface area contributed by atoms with Gasteiger partial charge in [0.15, 0.2) is 5.11 Å². The Morgan fingerprint density at radius 3 is 2.62 bits per heavy atom. The van der Waals surface area contributed by atoms with Crippen molar-refractivity contribution in [3.63, 3.8) is 0 Å². The number of aromatic amines is 1. The normalized spacial score (nSPS) is 15.3. The predicted molar refractivity (Wildman–Crippen MR) is 134 cm³/mol. The zero-order valence-corrected chi connectivity index (χ0v) is 19.6. The molecular weight excluding hydrogens is 442 g/mol. The van der Waals surface area contributed by atoms with Crippen molar-refractivity contribution >= 4 is 50.2 Å². The number of sulfonamides is 1. The topological polar surface area (TPSA) is 89.6 Å². The molecule has 0 bridgehead atoms. The van der Waals surface area contributed by atoms with Crippen molar-refractivity contribution < 1.29 is 8.42 Å². The fourth-order valence-electron chi connectivity index (χ4n) is 3.79. The lowest BCUT2D eigenvalue weighted by Gasteiger charge is -2.25. The number of aromatic nitrogens is 1. The van der Waals surface area contributed by atoms with Crippen LogP contribution in [0.4, 0.5) is 5.69 Å². The van der Waals surface area contributed by atoms with Gasteiger partial charge in [-0.05, 0) is 67.4 Å². The molecule has 1 aliphatic rings. The molecule has 1 saturated heterocycles. The van der Waals surface area contributed by atoms with E-state index >= 15 is 0 Å². The number of thiocarbonyl (C=S) groups is 1. The van der Waals surface area contributed by atoms with Crippen LogP contribution in [-0.2, 0) is 16.4 Å². The van der Waals surface area contributed by atoms with E-state index in [1.165, 1.54) is 5.56 Å². The van der Waals surface area contributed by atoms with Gasteiger partial charge in [0.2, 0.25) is 10.0 Å². The van der Waals surface area contributed by atoms with Gasteiger partial charge < -0.3 is 10.3 Å². The van der Waals surface area contributed by atoms with Gasteiger partial charge in [-0.3, -0.25) is 5.43 Å². The number of rotatable bonds is 6. The standard InChI is InChI=1S/C23H27N5O2S2/c1-2-17-6-8-19(9-7-17)26-23(31)27-25-16-18-15-24-22-11-10-20(14-21(18)22)32(29,30)28-12-4-3-5-13-28/h6-11,14-16,24H,2-5,12-13H2,1H3,(H2,26,27,31). The van der Waals surface area contributed by atoms with Gasteiger partial charge in [0.25, 0.3) is 0 Å². The summed E-state index contributed by atoms with van der Waals surface area (Å²) in [6.07, 6.45) is 7.31. The van der Waals surface area contributed by atoms with E-state index in [9.17, 15) is 8.42 Å². The number of nitrogens with zero attached hydrogens (tertiary/aromatic N) is 2. The van der Waals surface area contributed by atoms with E-state index in [2.05, 4.69) is 39.9 Å². The highest BCUT2D eigenvalue weighted by Crippen LogP contribution is 2.25. The third-order valence-corrected chi connectivity index (χ3v) is 7.72. The number of nitrogens with one attached hydrogen (secondary N) is 3. The maximum atomic E-state index is 13.0. The number of H-pyrrole nitrogens is 1. The van der Waals surface area contributed by atoms with Gasteiger partial charge in [-0.25, -0.2) is 8.42 Å². The third-order valence-electron chi connectivity index (χ3n) is 5.63. The number of piperidine rings is 1. The lowest BCUT2D eigenvalue weighted by molar-refractivity contribution is 0.346. The molecule has 3 N–H and O–H groups in total. The lowest BCUT2D eigenvalue weighted by Crippen LogP contribution is -2.35. The molecule has 0 atom stereocenters. The number of fused-ring (bicyclic) bond motifs is 1. The SMILES string of the molecule is CCc1ccc(NC(=S)NN=Cc2c[nH]c3ccc(S(=O)(=O)N4CCCCC4)cc23)cc1. The van der Waals surface area contributed by atoms with Crippen molar-refractivity contribution in [2.24, 2.45) is 5.10 Å². The quantitative estimate of drug-likeness (QED) is 0.286. The van der Waals surface area contributed by atoms with Crippen LogP contribution in [0.15, 0.2) is 58.7 Å². The maximum absolute atomic E-state index is 13.0. The zero-order chi connectivity index (χ0) is 22.6. The summed E-state index contributed by atoms with van der Waals surface area (Å²) in [7, 11) is -3.49. The van der Waals surface area contributed by atoms with Crippen LogP contribution in [-0.4, -0.2) is 42.1 Å². The molecular formula is C23H27N5O2S2. The number of anilines is 1. The fraction of sp³-hybridized carbons (Fsp3) is 0.304. The average Bonchev–Trinajstić information content (AvgIpc) is 3.22. The maximum Gasteiger partial charge on any atom is 0.243 e. The van der Waals surface area contributed by atoms with Crippen molar-refractivity contribution in [2.75, 3.05) is 18.4 Å². The average molecular weight is 470 g/mol. The summed E-state index contributed by atoms with van der Waals surface area (Å²) >= 11 is 5.30. The van der Waals surface area contributed by atoms with Crippen LogP contribution in [0.1, 0.15) is 37.3 Å². The first-order valence-electron chi connectivity index (χ1n) is 10.8. The molecule has 0 aliphatic carbocycles. The summed E-state index contributed by atoms with van der Waals surface area (Å²) in [4.78, 5) is 3.47.